The first kappa shape index (κ1) is 21.6. The van der Waals surface area contributed by atoms with Gasteiger partial charge >= 0.3 is 0 Å². The molecular weight excluding hydrogens is 408 g/mol. The highest BCUT2D eigenvalue weighted by molar-refractivity contribution is 7.97. The van der Waals surface area contributed by atoms with Crippen LogP contribution in [0.1, 0.15) is 47.9 Å². The van der Waals surface area contributed by atoms with Crippen molar-refractivity contribution < 1.29 is 22.4 Å². The van der Waals surface area contributed by atoms with Crippen LogP contribution in [0.2, 0.25) is 0 Å². The lowest BCUT2D eigenvalue weighted by molar-refractivity contribution is 0.00345. The van der Waals surface area contributed by atoms with E-state index in [1.165, 1.54) is 6.92 Å². The largest absolute Gasteiger partial charge is 0.321 e. The van der Waals surface area contributed by atoms with Gasteiger partial charge in [0, 0.05) is 42.5 Å². The van der Waals surface area contributed by atoms with Gasteiger partial charge in [-0.25, -0.2) is 8.78 Å². The standard InChI is InChI=1S/C19H22F4N4OS/c1-11-15(17(28)25-13-4-3-5-14(8-13)29-24)27(26-16(11)18(2,20)21)10-12-6-7-19(22,23)9-12/h3-5,8,12H,6-7,9-10,24H2,1-2H3,(H,25,28). The Labute approximate surface area is 170 Å². The minimum atomic E-state index is -3.26. The Balaban J connectivity index is 1.92. The lowest BCUT2D eigenvalue weighted by Gasteiger charge is -2.14. The van der Waals surface area contributed by atoms with Gasteiger partial charge in [0.2, 0.25) is 5.92 Å². The number of anilines is 1. The number of hydrogen-bond acceptors (Lipinski definition) is 4. The second-order valence-corrected chi connectivity index (χ2v) is 8.16. The molecule has 29 heavy (non-hydrogen) atoms. The molecule has 0 saturated heterocycles. The Morgan fingerprint density at radius 1 is 1.45 bits per heavy atom. The number of amides is 1. The van der Waals surface area contributed by atoms with Gasteiger partial charge in [-0.05, 0) is 49.4 Å². The molecule has 0 radical (unpaired) electrons. The van der Waals surface area contributed by atoms with Crippen molar-refractivity contribution in [1.82, 2.24) is 9.78 Å². The van der Waals surface area contributed by atoms with E-state index in [2.05, 4.69) is 10.4 Å². The first-order chi connectivity index (χ1) is 13.5. The number of halogens is 4. The van der Waals surface area contributed by atoms with Crippen LogP contribution in [-0.4, -0.2) is 21.6 Å². The number of aromatic nitrogens is 2. The summed E-state index contributed by atoms with van der Waals surface area (Å²) in [5.74, 6) is -7.10. The van der Waals surface area contributed by atoms with Crippen molar-refractivity contribution in [2.45, 2.75) is 56.4 Å². The molecule has 1 aliphatic carbocycles. The molecule has 1 fully saturated rings. The Morgan fingerprint density at radius 3 is 2.76 bits per heavy atom. The lowest BCUT2D eigenvalue weighted by Crippen LogP contribution is -2.21. The molecule has 1 aromatic heterocycles. The van der Waals surface area contributed by atoms with Crippen molar-refractivity contribution in [1.29, 1.82) is 0 Å². The number of nitrogens with zero attached hydrogens (tertiary/aromatic N) is 2. The fourth-order valence-electron chi connectivity index (χ4n) is 3.67. The summed E-state index contributed by atoms with van der Waals surface area (Å²) in [6.07, 6.45) is -0.346. The topological polar surface area (TPSA) is 72.9 Å². The Kier molecular flexibility index (Phi) is 5.96. The van der Waals surface area contributed by atoms with Crippen molar-refractivity contribution in [3.05, 3.63) is 41.2 Å². The second kappa shape index (κ2) is 7.98. The Morgan fingerprint density at radius 2 is 2.17 bits per heavy atom. The number of nitrogens with two attached hydrogens (primary N) is 1. The molecule has 2 aromatic rings. The average Bonchev–Trinajstić information content (AvgIpc) is 3.13. The summed E-state index contributed by atoms with van der Waals surface area (Å²) < 4.78 is 56.2. The van der Waals surface area contributed by atoms with Crippen molar-refractivity contribution in [3.8, 4) is 0 Å². The summed E-state index contributed by atoms with van der Waals surface area (Å²) in [6, 6.07) is 6.74. The first-order valence-corrected chi connectivity index (χ1v) is 10.00. The third kappa shape index (κ3) is 4.92. The van der Waals surface area contributed by atoms with E-state index in [1.807, 2.05) is 0 Å². The zero-order valence-corrected chi connectivity index (χ0v) is 16.8. The highest BCUT2D eigenvalue weighted by atomic mass is 32.2. The van der Waals surface area contributed by atoms with Crippen molar-refractivity contribution in [2.75, 3.05) is 5.32 Å². The molecule has 1 amide bonds. The maximum absolute atomic E-state index is 14.0. The van der Waals surface area contributed by atoms with E-state index in [4.69, 9.17) is 5.14 Å². The summed E-state index contributed by atoms with van der Waals surface area (Å²) in [5, 5.41) is 12.1. The molecule has 3 rings (SSSR count). The zero-order chi connectivity index (χ0) is 21.4. The Bertz CT molecular complexity index is 910. The summed E-state index contributed by atoms with van der Waals surface area (Å²) in [7, 11) is 0. The van der Waals surface area contributed by atoms with Gasteiger partial charge in [0.15, 0.2) is 0 Å². The molecule has 1 unspecified atom stereocenters. The fraction of sp³-hybridized carbons (Fsp3) is 0.474. The zero-order valence-electron chi connectivity index (χ0n) is 16.0. The molecule has 158 valence electrons. The van der Waals surface area contributed by atoms with Gasteiger partial charge in [-0.2, -0.15) is 13.9 Å². The predicted octanol–water partition coefficient (Wildman–Crippen LogP) is 4.96. The van der Waals surface area contributed by atoms with Gasteiger partial charge in [-0.1, -0.05) is 6.07 Å². The summed E-state index contributed by atoms with van der Waals surface area (Å²) in [4.78, 5) is 13.6. The molecule has 1 saturated carbocycles. The molecule has 0 bridgehead atoms. The summed E-state index contributed by atoms with van der Waals surface area (Å²) in [5.41, 5.74) is -0.111. The van der Waals surface area contributed by atoms with Gasteiger partial charge in [-0.3, -0.25) is 14.6 Å². The monoisotopic (exact) mass is 430 g/mol. The van der Waals surface area contributed by atoms with Crippen LogP contribution in [0.15, 0.2) is 29.2 Å². The number of nitrogens with one attached hydrogen (secondary N) is 1. The van der Waals surface area contributed by atoms with Crippen LogP contribution in [0.4, 0.5) is 23.2 Å². The summed E-state index contributed by atoms with van der Waals surface area (Å²) in [6.45, 7) is 2.06. The van der Waals surface area contributed by atoms with Crippen molar-refractivity contribution in [3.63, 3.8) is 0 Å². The number of carbonyl (C=O) groups excluding carboxylic acids is 1. The molecule has 1 aromatic carbocycles. The smallest absolute Gasteiger partial charge is 0.289 e. The summed E-state index contributed by atoms with van der Waals surface area (Å²) >= 11 is 1.00. The van der Waals surface area contributed by atoms with Gasteiger partial charge < -0.3 is 5.32 Å². The number of alkyl halides is 4. The number of carbonyl (C=O) groups is 1. The van der Waals surface area contributed by atoms with Crippen LogP contribution in [0, 0.1) is 12.8 Å². The van der Waals surface area contributed by atoms with Crippen LogP contribution in [-0.2, 0) is 12.5 Å². The van der Waals surface area contributed by atoms with Gasteiger partial charge in [0.25, 0.3) is 11.8 Å². The predicted molar refractivity (Wildman–Crippen MR) is 103 cm³/mol. The van der Waals surface area contributed by atoms with E-state index in [1.54, 1.807) is 24.3 Å². The van der Waals surface area contributed by atoms with Gasteiger partial charge in [0.1, 0.15) is 11.4 Å². The molecule has 0 spiro atoms. The first-order valence-electron chi connectivity index (χ1n) is 9.12. The van der Waals surface area contributed by atoms with Gasteiger partial charge in [0.05, 0.1) is 0 Å². The molecule has 0 aliphatic heterocycles. The third-order valence-corrected chi connectivity index (χ3v) is 5.51. The third-order valence-electron chi connectivity index (χ3n) is 4.98. The molecule has 5 nitrogen and oxygen atoms in total. The van der Waals surface area contributed by atoms with E-state index in [0.717, 1.165) is 16.6 Å². The molecule has 1 atom stereocenters. The van der Waals surface area contributed by atoms with Crippen LogP contribution in [0.25, 0.3) is 0 Å². The molecule has 1 aliphatic rings. The maximum atomic E-state index is 14.0. The van der Waals surface area contributed by atoms with E-state index in [-0.39, 0.29) is 37.1 Å². The Hall–Kier alpha value is -2.07. The van der Waals surface area contributed by atoms with E-state index >= 15 is 0 Å². The van der Waals surface area contributed by atoms with Crippen LogP contribution in [0.3, 0.4) is 0 Å². The maximum Gasteiger partial charge on any atom is 0.289 e. The number of benzene rings is 1. The van der Waals surface area contributed by atoms with E-state index < -0.39 is 29.4 Å². The molecule has 10 heteroatoms. The number of hydrogen-bond donors (Lipinski definition) is 2. The SMILES string of the molecule is Cc1c(C(C)(F)F)nn(CC2CCC(F)(F)C2)c1C(=O)Nc1cccc(SN)c1. The number of rotatable bonds is 6. The van der Waals surface area contributed by atoms with Crippen LogP contribution < -0.4 is 10.5 Å². The highest BCUT2D eigenvalue weighted by Gasteiger charge is 2.41. The normalized spacial score (nSPS) is 18.8. The van der Waals surface area contributed by atoms with E-state index in [0.29, 0.717) is 17.5 Å². The average molecular weight is 430 g/mol. The molecule has 3 N–H and O–H groups in total. The second-order valence-electron chi connectivity index (χ2n) is 7.46. The highest BCUT2D eigenvalue weighted by Crippen LogP contribution is 2.40. The van der Waals surface area contributed by atoms with Crippen molar-refractivity contribution in [2.24, 2.45) is 11.1 Å². The van der Waals surface area contributed by atoms with Crippen LogP contribution in [0.5, 0.6) is 0 Å². The van der Waals surface area contributed by atoms with Crippen LogP contribution >= 0.6 is 11.9 Å². The minimum absolute atomic E-state index is 0.0199. The minimum Gasteiger partial charge on any atom is -0.321 e. The molecular formula is C19H22F4N4OS. The van der Waals surface area contributed by atoms with E-state index in [9.17, 15) is 22.4 Å². The lowest BCUT2D eigenvalue weighted by atomic mass is 10.1. The quantitative estimate of drug-likeness (QED) is 0.502. The van der Waals surface area contributed by atoms with Crippen molar-refractivity contribution >= 4 is 23.5 Å². The van der Waals surface area contributed by atoms with Gasteiger partial charge in [-0.15, -0.1) is 0 Å². The fourth-order valence-corrected chi connectivity index (χ4v) is 4.02. The molecule has 1 heterocycles.